The zero-order chi connectivity index (χ0) is 35.2. The third kappa shape index (κ3) is 6.53. The highest BCUT2D eigenvalue weighted by Gasteiger charge is 2.68. The molecule has 10 fully saturated rings. The molecule has 0 saturated carbocycles. The molecule has 10 heterocycles. The molecule has 51 heavy (non-hydrogen) atoms. The molecule has 1 spiro atoms. The van der Waals surface area contributed by atoms with Crippen molar-refractivity contribution in [3.8, 4) is 0 Å². The highest BCUT2D eigenvalue weighted by Crippen LogP contribution is 2.54. The van der Waals surface area contributed by atoms with Crippen LogP contribution in [0.5, 0.6) is 0 Å². The van der Waals surface area contributed by atoms with Crippen molar-refractivity contribution in [2.45, 2.75) is 195 Å². The van der Waals surface area contributed by atoms with Crippen LogP contribution in [0.3, 0.4) is 0 Å². The first-order chi connectivity index (χ1) is 24.6. The van der Waals surface area contributed by atoms with Crippen LogP contribution in [0, 0.1) is 17.8 Å². The van der Waals surface area contributed by atoms with Gasteiger partial charge in [-0.2, -0.15) is 0 Å². The smallest absolute Gasteiger partial charge is 0.172 e. The lowest BCUT2D eigenvalue weighted by atomic mass is 9.79. The zero-order valence-corrected chi connectivity index (χ0v) is 30.3. The van der Waals surface area contributed by atoms with E-state index in [-0.39, 0.29) is 110 Å². The van der Waals surface area contributed by atoms with Gasteiger partial charge < -0.3 is 48.1 Å². The molecule has 4 unspecified atom stereocenters. The van der Waals surface area contributed by atoms with Crippen molar-refractivity contribution in [1.29, 1.82) is 0 Å². The third-order valence-corrected chi connectivity index (χ3v) is 14.1. The number of ether oxygens (including phenoxy) is 8. The molecule has 19 atom stereocenters. The molecule has 2 N–H and O–H groups in total. The Morgan fingerprint density at radius 3 is 2.33 bits per heavy atom. The number of rotatable bonds is 3. The van der Waals surface area contributed by atoms with Crippen molar-refractivity contribution in [1.82, 2.24) is 0 Å². The molecule has 10 rings (SSSR count). The minimum absolute atomic E-state index is 0.00894. The second kappa shape index (κ2) is 13.8. The van der Waals surface area contributed by atoms with E-state index in [1.165, 1.54) is 0 Å². The van der Waals surface area contributed by atoms with Crippen molar-refractivity contribution in [2.75, 3.05) is 6.61 Å². The van der Waals surface area contributed by atoms with E-state index in [0.717, 1.165) is 56.1 Å². The number of carbonyl (C=O) groups is 1. The van der Waals surface area contributed by atoms with Gasteiger partial charge in [0, 0.05) is 38.5 Å². The van der Waals surface area contributed by atoms with Crippen molar-refractivity contribution < 1.29 is 52.9 Å². The van der Waals surface area contributed by atoms with E-state index < -0.39 is 11.9 Å². The van der Waals surface area contributed by atoms with Crippen molar-refractivity contribution >= 4 is 5.78 Å². The number of hydrogen-bond acceptors (Lipinski definition) is 11. The van der Waals surface area contributed by atoms with Crippen LogP contribution in [0.15, 0.2) is 24.3 Å². The Hall–Kier alpha value is -1.25. The van der Waals surface area contributed by atoms with Crippen LogP contribution in [-0.4, -0.2) is 120 Å². The highest BCUT2D eigenvalue weighted by atomic mass is 16.8. The quantitative estimate of drug-likeness (QED) is 0.410. The number of aliphatic hydroxyl groups is 2. The number of aliphatic hydroxyl groups excluding tert-OH is 2. The molecular formula is C40H58O11. The summed E-state index contributed by atoms with van der Waals surface area (Å²) in [5, 5.41) is 20.0. The summed E-state index contributed by atoms with van der Waals surface area (Å²) >= 11 is 0. The summed E-state index contributed by atoms with van der Waals surface area (Å²) in [7, 11) is 0. The van der Waals surface area contributed by atoms with E-state index in [1.54, 1.807) is 0 Å². The topological polar surface area (TPSA) is 131 Å². The maximum atomic E-state index is 14.0. The second-order valence-electron chi connectivity index (χ2n) is 17.5. The SMILES string of the molecule is C=C1C[C@@H]2CCC34C[C@H]5O[C@H]6[C@@H](O3)[C@H]3OC(CC[C@@H]3O[C@H]6[C@H]5O4)CC(=O)C[C@@H]3[C@@H](C)[C@@H](C[C@H](O)CO)O[C@H]3CC3O[C@@H](CCC1O2)C[C@@H](C)C3=C. The number of fused-ring (bicyclic) bond motifs is 6. The predicted molar refractivity (Wildman–Crippen MR) is 183 cm³/mol. The molecule has 0 amide bonds. The Kier molecular flexibility index (Phi) is 9.59. The summed E-state index contributed by atoms with van der Waals surface area (Å²) < 4.78 is 53.9. The van der Waals surface area contributed by atoms with Gasteiger partial charge in [0.1, 0.15) is 36.3 Å². The minimum atomic E-state index is -0.872. The fourth-order valence-corrected chi connectivity index (χ4v) is 11.3. The van der Waals surface area contributed by atoms with Crippen LogP contribution in [0.2, 0.25) is 0 Å². The van der Waals surface area contributed by atoms with Crippen LogP contribution < -0.4 is 0 Å². The number of carbonyl (C=O) groups excluding carboxylic acids is 1. The van der Waals surface area contributed by atoms with Gasteiger partial charge in [-0.25, -0.2) is 0 Å². The van der Waals surface area contributed by atoms with E-state index >= 15 is 0 Å². The van der Waals surface area contributed by atoms with Gasteiger partial charge in [0.2, 0.25) is 0 Å². The third-order valence-electron chi connectivity index (χ3n) is 14.1. The first-order valence-corrected chi connectivity index (χ1v) is 20.0. The van der Waals surface area contributed by atoms with E-state index in [1.807, 2.05) is 0 Å². The molecular weight excluding hydrogens is 656 g/mol. The number of ketones is 1. The van der Waals surface area contributed by atoms with Gasteiger partial charge in [-0.15, -0.1) is 0 Å². The number of hydrogen-bond donors (Lipinski definition) is 2. The Balaban J connectivity index is 0.986. The molecule has 0 aromatic heterocycles. The fraction of sp³-hybridized carbons (Fsp3) is 0.875. The lowest BCUT2D eigenvalue weighted by Gasteiger charge is -2.47. The minimum Gasteiger partial charge on any atom is -0.394 e. The summed E-state index contributed by atoms with van der Waals surface area (Å²) in [5.41, 5.74) is 2.22. The van der Waals surface area contributed by atoms with E-state index in [0.29, 0.717) is 44.4 Å². The lowest BCUT2D eigenvalue weighted by molar-refractivity contribution is -0.292. The molecule has 0 radical (unpaired) electrons. The van der Waals surface area contributed by atoms with Gasteiger partial charge in [0.25, 0.3) is 0 Å². The average Bonchev–Trinajstić information content (AvgIpc) is 3.77. The Morgan fingerprint density at radius 1 is 0.745 bits per heavy atom. The van der Waals surface area contributed by atoms with Crippen LogP contribution in [-0.2, 0) is 42.7 Å². The summed E-state index contributed by atoms with van der Waals surface area (Å²) in [5.74, 6) is -0.367. The molecule has 0 aliphatic carbocycles. The van der Waals surface area contributed by atoms with Crippen LogP contribution >= 0.6 is 0 Å². The Labute approximate surface area is 301 Å². The largest absolute Gasteiger partial charge is 0.394 e. The lowest BCUT2D eigenvalue weighted by Crippen LogP contribution is -2.61. The monoisotopic (exact) mass is 714 g/mol. The Morgan fingerprint density at radius 2 is 1.49 bits per heavy atom. The van der Waals surface area contributed by atoms with Gasteiger partial charge in [-0.1, -0.05) is 27.0 Å². The summed E-state index contributed by atoms with van der Waals surface area (Å²) in [4.78, 5) is 14.0. The summed E-state index contributed by atoms with van der Waals surface area (Å²) in [6.45, 7) is 12.9. The standard InChI is InChI=1S/C40H58O11/c1-19-11-25-5-7-29-20(2)12-27(44-29)9-10-40-17-34-36(50-40)37-38(49-34)39(51-40)35-30(48-37)8-6-26(46-35)13-23(42)14-28-22(4)31(15-24(43)18-41)47-33(28)16-32(45-25)21(19)3/h19,22,24-39,41,43H,2-3,5-18H2,1,4H3/t19-,22-,24+,25+,26?,27+,28-,29?,30+,31-,32?,33+,34-,35+,36+,37+,38-,39+,40?/m1/s1. The molecule has 0 aromatic rings. The van der Waals surface area contributed by atoms with Crippen molar-refractivity contribution in [2.24, 2.45) is 17.8 Å². The average molecular weight is 715 g/mol. The van der Waals surface area contributed by atoms with Crippen molar-refractivity contribution in [3.63, 3.8) is 0 Å². The fourth-order valence-electron chi connectivity index (χ4n) is 11.3. The van der Waals surface area contributed by atoms with E-state index in [9.17, 15) is 15.0 Å². The first-order valence-electron chi connectivity index (χ1n) is 20.0. The maximum absolute atomic E-state index is 14.0. The Bertz CT molecular complexity index is 1360. The molecule has 284 valence electrons. The van der Waals surface area contributed by atoms with Gasteiger partial charge in [0.15, 0.2) is 5.79 Å². The van der Waals surface area contributed by atoms with Crippen LogP contribution in [0.1, 0.15) is 97.3 Å². The molecule has 10 aliphatic heterocycles. The van der Waals surface area contributed by atoms with Gasteiger partial charge in [0.05, 0.1) is 67.6 Å². The van der Waals surface area contributed by atoms with Crippen LogP contribution in [0.4, 0.5) is 0 Å². The van der Waals surface area contributed by atoms with Crippen molar-refractivity contribution in [3.05, 3.63) is 24.3 Å². The highest BCUT2D eigenvalue weighted by molar-refractivity contribution is 5.79. The molecule has 10 saturated heterocycles. The molecule has 10 aliphatic rings. The molecule has 12 bridgehead atoms. The first kappa shape index (κ1) is 35.5. The van der Waals surface area contributed by atoms with Gasteiger partial charge >= 0.3 is 0 Å². The molecule has 11 heteroatoms. The zero-order valence-electron chi connectivity index (χ0n) is 30.3. The van der Waals surface area contributed by atoms with E-state index in [2.05, 4.69) is 27.0 Å². The van der Waals surface area contributed by atoms with Crippen LogP contribution in [0.25, 0.3) is 0 Å². The number of Topliss-reactive ketones (excluding diaryl/α,β-unsaturated/α-hetero) is 1. The molecule has 0 aromatic carbocycles. The predicted octanol–water partition coefficient (Wildman–Crippen LogP) is 4.09. The second-order valence-corrected chi connectivity index (χ2v) is 17.5. The summed E-state index contributed by atoms with van der Waals surface area (Å²) in [6, 6.07) is 0. The normalized spacial score (nSPS) is 53.2. The molecule has 11 nitrogen and oxygen atoms in total. The summed E-state index contributed by atoms with van der Waals surface area (Å²) in [6.07, 6.45) is 5.65. The van der Waals surface area contributed by atoms with Gasteiger partial charge in [-0.3, -0.25) is 4.79 Å². The van der Waals surface area contributed by atoms with E-state index in [4.69, 9.17) is 37.9 Å². The van der Waals surface area contributed by atoms with Gasteiger partial charge in [-0.05, 0) is 73.8 Å². The maximum Gasteiger partial charge on any atom is 0.172 e.